The van der Waals surface area contributed by atoms with E-state index in [0.29, 0.717) is 24.1 Å². The summed E-state index contributed by atoms with van der Waals surface area (Å²) in [4.78, 5) is 16.6. The lowest BCUT2D eigenvalue weighted by atomic mass is 9.97. The van der Waals surface area contributed by atoms with E-state index < -0.39 is 0 Å². The lowest BCUT2D eigenvalue weighted by molar-refractivity contribution is 0.0411. The molecule has 0 aliphatic carbocycles. The number of carbonyl (C=O) groups is 1. The Hall–Kier alpha value is -1.72. The second-order valence-electron chi connectivity index (χ2n) is 5.75. The van der Waals surface area contributed by atoms with E-state index in [0.717, 1.165) is 12.1 Å². The third kappa shape index (κ3) is 3.20. The van der Waals surface area contributed by atoms with Crippen molar-refractivity contribution in [1.29, 1.82) is 0 Å². The van der Waals surface area contributed by atoms with Crippen LogP contribution in [0.1, 0.15) is 52.5 Å². The van der Waals surface area contributed by atoms with Gasteiger partial charge in [0.25, 0.3) is 5.91 Å². The summed E-state index contributed by atoms with van der Waals surface area (Å²) in [5.41, 5.74) is 3.45. The average Bonchev–Trinajstić information content (AvgIpc) is 3.03. The number of nitrogens with zero attached hydrogens (tertiary/aromatic N) is 1. The van der Waals surface area contributed by atoms with Gasteiger partial charge in [0.15, 0.2) is 5.01 Å². The average molecular weight is 316 g/mol. The molecule has 2 heterocycles. The van der Waals surface area contributed by atoms with E-state index in [1.807, 2.05) is 17.5 Å². The summed E-state index contributed by atoms with van der Waals surface area (Å²) in [5.74, 6) is 0.218. The molecule has 1 aliphatic rings. The number of ether oxygens (including phenoxy) is 1. The highest BCUT2D eigenvalue weighted by atomic mass is 32.1. The fourth-order valence-corrected chi connectivity index (χ4v) is 3.46. The summed E-state index contributed by atoms with van der Waals surface area (Å²) in [6.07, 6.45) is 0.864. The molecule has 2 aromatic rings. The number of benzene rings is 1. The Kier molecular flexibility index (Phi) is 4.55. The van der Waals surface area contributed by atoms with Crippen LogP contribution in [0.3, 0.4) is 0 Å². The van der Waals surface area contributed by atoms with E-state index in [1.54, 1.807) is 0 Å². The molecule has 0 fully saturated rings. The van der Waals surface area contributed by atoms with Crippen molar-refractivity contribution < 1.29 is 9.53 Å². The highest BCUT2D eigenvalue weighted by molar-refractivity contribution is 7.11. The Labute approximate surface area is 134 Å². The van der Waals surface area contributed by atoms with Crippen molar-refractivity contribution in [1.82, 2.24) is 10.3 Å². The first-order valence-electron chi connectivity index (χ1n) is 7.58. The topological polar surface area (TPSA) is 51.2 Å². The molecule has 1 aromatic carbocycles. The number of amides is 1. The van der Waals surface area contributed by atoms with Crippen LogP contribution in [0.15, 0.2) is 29.6 Å². The van der Waals surface area contributed by atoms with Gasteiger partial charge in [-0.05, 0) is 23.5 Å². The number of rotatable bonds is 4. The van der Waals surface area contributed by atoms with Crippen LogP contribution >= 0.6 is 11.3 Å². The Morgan fingerprint density at radius 2 is 2.27 bits per heavy atom. The fraction of sp³-hybridized carbons (Fsp3) is 0.412. The Bertz CT molecular complexity index is 666. The molecule has 0 spiro atoms. The van der Waals surface area contributed by atoms with E-state index in [1.165, 1.54) is 22.5 Å². The number of hydrogen-bond donors (Lipinski definition) is 1. The molecule has 5 heteroatoms. The van der Waals surface area contributed by atoms with Crippen molar-refractivity contribution in [2.45, 2.75) is 32.3 Å². The first-order chi connectivity index (χ1) is 10.6. The molecule has 1 amide bonds. The van der Waals surface area contributed by atoms with Gasteiger partial charge >= 0.3 is 0 Å². The minimum absolute atomic E-state index is 0.0709. The van der Waals surface area contributed by atoms with Crippen LogP contribution in [-0.4, -0.2) is 24.0 Å². The molecule has 1 N–H and O–H groups in total. The van der Waals surface area contributed by atoms with Crippen LogP contribution in [0, 0.1) is 0 Å². The van der Waals surface area contributed by atoms with Gasteiger partial charge in [-0.15, -0.1) is 11.3 Å². The lowest BCUT2D eigenvalue weighted by Crippen LogP contribution is -2.31. The molecule has 1 aromatic heterocycles. The largest absolute Gasteiger partial charge is 0.371 e. The van der Waals surface area contributed by atoms with Crippen molar-refractivity contribution in [3.63, 3.8) is 0 Å². The highest BCUT2D eigenvalue weighted by Gasteiger charge is 2.21. The summed E-state index contributed by atoms with van der Waals surface area (Å²) < 4.78 is 5.80. The van der Waals surface area contributed by atoms with Crippen LogP contribution in [0.2, 0.25) is 0 Å². The minimum atomic E-state index is -0.122. The minimum Gasteiger partial charge on any atom is -0.371 e. The number of nitrogens with one attached hydrogen (secondary N) is 1. The zero-order chi connectivity index (χ0) is 15.5. The summed E-state index contributed by atoms with van der Waals surface area (Å²) in [6.45, 7) is 5.33. The number of thiazole rings is 1. The zero-order valence-electron chi connectivity index (χ0n) is 12.8. The molecular weight excluding hydrogens is 296 g/mol. The quantitative estimate of drug-likeness (QED) is 0.941. The normalized spacial score (nSPS) is 17.3. The second kappa shape index (κ2) is 6.58. The van der Waals surface area contributed by atoms with E-state index in [4.69, 9.17) is 4.74 Å². The van der Waals surface area contributed by atoms with Gasteiger partial charge in [-0.1, -0.05) is 38.1 Å². The van der Waals surface area contributed by atoms with Gasteiger partial charge in [-0.3, -0.25) is 4.79 Å². The lowest BCUT2D eigenvalue weighted by Gasteiger charge is -2.26. The second-order valence-corrected chi connectivity index (χ2v) is 6.61. The summed E-state index contributed by atoms with van der Waals surface area (Å²) in [5, 5.41) is 5.42. The summed E-state index contributed by atoms with van der Waals surface area (Å²) >= 11 is 1.39. The third-order valence-electron chi connectivity index (χ3n) is 3.85. The predicted molar refractivity (Wildman–Crippen MR) is 87.4 cm³/mol. The van der Waals surface area contributed by atoms with Gasteiger partial charge in [0, 0.05) is 11.9 Å². The summed E-state index contributed by atoms with van der Waals surface area (Å²) in [7, 11) is 0. The van der Waals surface area contributed by atoms with Crippen molar-refractivity contribution in [3.8, 4) is 0 Å². The Morgan fingerprint density at radius 1 is 1.45 bits per heavy atom. The van der Waals surface area contributed by atoms with Crippen LogP contribution < -0.4 is 5.32 Å². The Morgan fingerprint density at radius 3 is 3.05 bits per heavy atom. The van der Waals surface area contributed by atoms with E-state index in [-0.39, 0.29) is 12.0 Å². The van der Waals surface area contributed by atoms with Crippen molar-refractivity contribution in [3.05, 3.63) is 51.5 Å². The SMILES string of the molecule is CC(C)c1csc(C(=O)NC[C@H]2OCCc3ccccc32)n1. The number of hydrogen-bond acceptors (Lipinski definition) is 4. The number of carbonyl (C=O) groups excluding carboxylic acids is 1. The molecule has 0 radical (unpaired) electrons. The van der Waals surface area contributed by atoms with E-state index in [2.05, 4.69) is 36.3 Å². The molecule has 0 bridgehead atoms. The first-order valence-corrected chi connectivity index (χ1v) is 8.46. The molecule has 1 atom stereocenters. The van der Waals surface area contributed by atoms with Crippen LogP contribution in [0.4, 0.5) is 0 Å². The standard InChI is InChI=1S/C17H20N2O2S/c1-11(2)14-10-22-17(19-14)16(20)18-9-15-13-6-4-3-5-12(13)7-8-21-15/h3-6,10-11,15H,7-9H2,1-2H3,(H,18,20)/t15-/m1/s1. The third-order valence-corrected chi connectivity index (χ3v) is 4.71. The molecule has 4 nitrogen and oxygen atoms in total. The molecule has 0 unspecified atom stereocenters. The number of aromatic nitrogens is 1. The molecular formula is C17H20N2O2S. The zero-order valence-corrected chi connectivity index (χ0v) is 13.7. The monoisotopic (exact) mass is 316 g/mol. The van der Waals surface area contributed by atoms with Gasteiger partial charge in [-0.25, -0.2) is 4.98 Å². The van der Waals surface area contributed by atoms with Crippen LogP contribution in [0.5, 0.6) is 0 Å². The predicted octanol–water partition coefficient (Wildman–Crippen LogP) is 3.31. The first kappa shape index (κ1) is 15.2. The van der Waals surface area contributed by atoms with Crippen LogP contribution in [-0.2, 0) is 11.2 Å². The van der Waals surface area contributed by atoms with Gasteiger partial charge in [0.2, 0.25) is 0 Å². The van der Waals surface area contributed by atoms with Crippen molar-refractivity contribution in [2.24, 2.45) is 0 Å². The smallest absolute Gasteiger partial charge is 0.280 e. The van der Waals surface area contributed by atoms with Crippen LogP contribution in [0.25, 0.3) is 0 Å². The maximum Gasteiger partial charge on any atom is 0.280 e. The maximum atomic E-state index is 12.2. The molecule has 22 heavy (non-hydrogen) atoms. The summed E-state index contributed by atoms with van der Waals surface area (Å²) in [6, 6.07) is 8.26. The van der Waals surface area contributed by atoms with Gasteiger partial charge in [-0.2, -0.15) is 0 Å². The fourth-order valence-electron chi connectivity index (χ4n) is 2.56. The Balaban J connectivity index is 1.64. The van der Waals surface area contributed by atoms with Gasteiger partial charge in [0.1, 0.15) is 6.10 Å². The van der Waals surface area contributed by atoms with E-state index >= 15 is 0 Å². The number of fused-ring (bicyclic) bond motifs is 1. The van der Waals surface area contributed by atoms with Crippen molar-refractivity contribution in [2.75, 3.05) is 13.2 Å². The van der Waals surface area contributed by atoms with Gasteiger partial charge < -0.3 is 10.1 Å². The van der Waals surface area contributed by atoms with E-state index in [9.17, 15) is 4.79 Å². The van der Waals surface area contributed by atoms with Gasteiger partial charge in [0.05, 0.1) is 12.3 Å². The highest BCUT2D eigenvalue weighted by Crippen LogP contribution is 2.26. The molecule has 0 saturated heterocycles. The maximum absolute atomic E-state index is 12.2. The molecule has 1 aliphatic heterocycles. The molecule has 3 rings (SSSR count). The van der Waals surface area contributed by atoms with Crippen molar-refractivity contribution >= 4 is 17.2 Å². The molecule has 0 saturated carbocycles. The molecule has 116 valence electrons.